The Hall–Kier alpha value is -0.670. The van der Waals surface area contributed by atoms with Crippen molar-refractivity contribution in [3.63, 3.8) is 0 Å². The van der Waals surface area contributed by atoms with Crippen molar-refractivity contribution in [2.75, 3.05) is 11.5 Å². The van der Waals surface area contributed by atoms with Crippen molar-refractivity contribution in [2.45, 2.75) is 12.8 Å². The molecule has 0 bridgehead atoms. The van der Waals surface area contributed by atoms with Crippen molar-refractivity contribution in [3.05, 3.63) is 47.6 Å². The quantitative estimate of drug-likeness (QED) is 0.738. The highest BCUT2D eigenvalue weighted by Crippen LogP contribution is 2.25. The van der Waals surface area contributed by atoms with E-state index in [0.29, 0.717) is 0 Å². The molecule has 2 aliphatic rings. The minimum Gasteiger partial charge on any atom is -0.274 e. The normalized spacial score (nSPS) is 17.8. The molecule has 0 radical (unpaired) electrons. The van der Waals surface area contributed by atoms with Gasteiger partial charge in [0.05, 0.1) is 0 Å². The smallest absolute Gasteiger partial charge is 0.246 e. The first-order chi connectivity index (χ1) is 7.84. The lowest BCUT2D eigenvalue weighted by Gasteiger charge is -2.02. The minimum atomic E-state index is 0.237. The molecule has 16 heavy (non-hydrogen) atoms. The van der Waals surface area contributed by atoms with Crippen LogP contribution >= 0.6 is 23.5 Å². The Bertz CT molecular complexity index is 353. The van der Waals surface area contributed by atoms with Gasteiger partial charge in [-0.05, 0) is 12.8 Å². The molecule has 0 spiro atoms. The van der Waals surface area contributed by atoms with E-state index >= 15 is 0 Å². The van der Waals surface area contributed by atoms with Crippen LogP contribution in [-0.4, -0.2) is 16.0 Å². The topological polar surface area (TPSA) is 17.1 Å². The average Bonchev–Trinajstić information content (AvgIpc) is 2.96. The van der Waals surface area contributed by atoms with Crippen LogP contribution in [-0.2, 0) is 0 Å². The highest BCUT2D eigenvalue weighted by Gasteiger charge is 2.08. The first-order valence-electron chi connectivity index (χ1n) is 5.33. The fraction of sp³-hybridized carbons (Fsp3) is 0.308. The third kappa shape index (κ3) is 3.72. The summed E-state index contributed by atoms with van der Waals surface area (Å²) in [4.78, 5) is 11.6. The van der Waals surface area contributed by atoms with E-state index in [1.54, 1.807) is 0 Å². The Kier molecular flexibility index (Phi) is 4.55. The zero-order chi connectivity index (χ0) is 11.2. The van der Waals surface area contributed by atoms with Crippen LogP contribution in [0.1, 0.15) is 12.8 Å². The molecule has 0 aromatic carbocycles. The maximum absolute atomic E-state index is 11.6. The van der Waals surface area contributed by atoms with E-state index in [1.165, 1.54) is 34.7 Å². The van der Waals surface area contributed by atoms with E-state index in [9.17, 15) is 4.79 Å². The summed E-state index contributed by atoms with van der Waals surface area (Å²) in [6.07, 6.45) is 14.6. The lowest BCUT2D eigenvalue weighted by Crippen LogP contribution is -1.91. The molecule has 2 aliphatic carbocycles. The number of thioether (sulfide) groups is 2. The molecule has 0 heterocycles. The van der Waals surface area contributed by atoms with Crippen molar-refractivity contribution < 1.29 is 4.79 Å². The van der Waals surface area contributed by atoms with Gasteiger partial charge in [0.15, 0.2) is 0 Å². The van der Waals surface area contributed by atoms with E-state index in [1.807, 2.05) is 0 Å². The highest BCUT2D eigenvalue weighted by atomic mass is 32.2. The van der Waals surface area contributed by atoms with Crippen LogP contribution in [0.5, 0.6) is 0 Å². The fourth-order valence-corrected chi connectivity index (χ4v) is 3.26. The first kappa shape index (κ1) is 11.8. The number of hydrogen-bond acceptors (Lipinski definition) is 3. The van der Waals surface area contributed by atoms with E-state index < -0.39 is 0 Å². The summed E-state index contributed by atoms with van der Waals surface area (Å²) in [7, 11) is 0. The Morgan fingerprint density at radius 1 is 1.00 bits per heavy atom. The van der Waals surface area contributed by atoms with Crippen molar-refractivity contribution in [3.8, 4) is 0 Å². The summed E-state index contributed by atoms with van der Waals surface area (Å²) < 4.78 is 0.237. The summed E-state index contributed by atoms with van der Waals surface area (Å²) >= 11 is 2.85. The lowest BCUT2D eigenvalue weighted by atomic mass is 10.3. The molecule has 0 fully saturated rings. The lowest BCUT2D eigenvalue weighted by molar-refractivity contribution is 0.276. The van der Waals surface area contributed by atoms with Gasteiger partial charge in [0, 0.05) is 11.5 Å². The van der Waals surface area contributed by atoms with Crippen LogP contribution in [0.25, 0.3) is 0 Å². The highest BCUT2D eigenvalue weighted by molar-refractivity contribution is 8.38. The van der Waals surface area contributed by atoms with Crippen LogP contribution in [0.3, 0.4) is 0 Å². The molecule has 0 aromatic heterocycles. The van der Waals surface area contributed by atoms with Crippen LogP contribution in [0.4, 0.5) is 4.79 Å². The third-order valence-electron chi connectivity index (χ3n) is 2.45. The molecule has 0 aromatic rings. The molecule has 0 saturated heterocycles. The number of carbonyl (C=O) groups is 1. The number of carbonyl (C=O) groups excluding carboxylic acids is 1. The molecule has 3 heteroatoms. The van der Waals surface area contributed by atoms with Crippen LogP contribution in [0.2, 0.25) is 0 Å². The molecular weight excluding hydrogens is 236 g/mol. The number of allylic oxidation sites excluding steroid dienone is 6. The second-order valence-electron chi connectivity index (χ2n) is 3.74. The molecule has 2 rings (SSSR count). The summed E-state index contributed by atoms with van der Waals surface area (Å²) in [6, 6.07) is 0. The van der Waals surface area contributed by atoms with E-state index in [2.05, 4.69) is 36.5 Å². The average molecular weight is 250 g/mol. The van der Waals surface area contributed by atoms with Crippen LogP contribution < -0.4 is 0 Å². The Balaban J connectivity index is 1.61. The summed E-state index contributed by atoms with van der Waals surface area (Å²) in [5.41, 5.74) is 2.70. The fourth-order valence-electron chi connectivity index (χ4n) is 1.54. The second-order valence-corrected chi connectivity index (χ2v) is 5.90. The van der Waals surface area contributed by atoms with Gasteiger partial charge in [0.1, 0.15) is 0 Å². The van der Waals surface area contributed by atoms with Crippen LogP contribution in [0.15, 0.2) is 47.6 Å². The van der Waals surface area contributed by atoms with Crippen molar-refractivity contribution in [1.29, 1.82) is 0 Å². The van der Waals surface area contributed by atoms with Gasteiger partial charge in [0.25, 0.3) is 0 Å². The Morgan fingerprint density at radius 2 is 1.50 bits per heavy atom. The summed E-state index contributed by atoms with van der Waals surface area (Å²) in [5, 5.41) is 0. The van der Waals surface area contributed by atoms with Gasteiger partial charge in [-0.3, -0.25) is 4.79 Å². The van der Waals surface area contributed by atoms with Gasteiger partial charge in [-0.15, -0.1) is 0 Å². The second kappa shape index (κ2) is 6.16. The molecule has 0 aliphatic heterocycles. The van der Waals surface area contributed by atoms with Gasteiger partial charge < -0.3 is 0 Å². The minimum absolute atomic E-state index is 0.237. The maximum atomic E-state index is 11.6. The van der Waals surface area contributed by atoms with Gasteiger partial charge >= 0.3 is 0 Å². The molecule has 84 valence electrons. The number of hydrogen-bond donors (Lipinski definition) is 0. The van der Waals surface area contributed by atoms with E-state index in [4.69, 9.17) is 0 Å². The van der Waals surface area contributed by atoms with Crippen LogP contribution in [0, 0.1) is 0 Å². The molecule has 0 amide bonds. The molecule has 0 saturated carbocycles. The van der Waals surface area contributed by atoms with Gasteiger partial charge in [-0.1, -0.05) is 71.1 Å². The van der Waals surface area contributed by atoms with Gasteiger partial charge in [-0.2, -0.15) is 0 Å². The predicted octanol–water partition coefficient (Wildman–Crippen LogP) is 4.35. The number of rotatable bonds is 4. The SMILES string of the molecule is O=C(SCC1=CC=CC1)SCC1=CC=CC1. The first-order valence-corrected chi connectivity index (χ1v) is 7.30. The van der Waals surface area contributed by atoms with Crippen molar-refractivity contribution in [1.82, 2.24) is 0 Å². The standard InChI is InChI=1S/C13H14OS2/c14-13(15-9-11-5-1-2-6-11)16-10-12-7-3-4-8-12/h1-5,7H,6,8-10H2. The van der Waals surface area contributed by atoms with Crippen molar-refractivity contribution >= 4 is 28.0 Å². The van der Waals surface area contributed by atoms with E-state index in [0.717, 1.165) is 24.3 Å². The summed E-state index contributed by atoms with van der Waals surface area (Å²) in [5.74, 6) is 1.69. The zero-order valence-corrected chi connectivity index (χ0v) is 10.7. The largest absolute Gasteiger partial charge is 0.274 e. The summed E-state index contributed by atoms with van der Waals surface area (Å²) in [6.45, 7) is 0. The molecule has 0 unspecified atom stereocenters. The van der Waals surface area contributed by atoms with Gasteiger partial charge in [-0.25, -0.2) is 0 Å². The van der Waals surface area contributed by atoms with E-state index in [-0.39, 0.29) is 4.45 Å². The molecule has 0 N–H and O–H groups in total. The third-order valence-corrected chi connectivity index (χ3v) is 4.66. The van der Waals surface area contributed by atoms with Crippen molar-refractivity contribution in [2.24, 2.45) is 0 Å². The Labute approximate surface area is 105 Å². The monoisotopic (exact) mass is 250 g/mol. The Morgan fingerprint density at radius 3 is 1.88 bits per heavy atom. The molecule has 1 nitrogen and oxygen atoms in total. The molecular formula is C13H14OS2. The maximum Gasteiger partial charge on any atom is 0.246 e. The molecule has 0 atom stereocenters. The predicted molar refractivity (Wildman–Crippen MR) is 74.0 cm³/mol. The zero-order valence-electron chi connectivity index (χ0n) is 9.02. The van der Waals surface area contributed by atoms with Gasteiger partial charge in [0.2, 0.25) is 4.45 Å².